The summed E-state index contributed by atoms with van der Waals surface area (Å²) >= 11 is 0. The Labute approximate surface area is 511 Å². The molecule has 14 unspecified atom stereocenters. The molecule has 34 atom stereocenters. The highest BCUT2D eigenvalue weighted by atomic mass is 16.8. The predicted molar refractivity (Wildman–Crippen MR) is 282 cm³/mol. The molecule has 3 amide bonds. The molecule has 90 heavy (non-hydrogen) atoms. The predicted octanol–water partition coefficient (Wildman–Crippen LogP) is -12.5. The number of rotatable bonds is 25. The number of ether oxygens (including phenoxy) is 14. The van der Waals surface area contributed by atoms with Crippen molar-refractivity contribution in [1.82, 2.24) is 16.0 Å². The third kappa shape index (κ3) is 16.9. The molecule has 7 saturated heterocycles. The van der Waals surface area contributed by atoms with Gasteiger partial charge >= 0.3 is 0 Å². The highest BCUT2D eigenvalue weighted by Crippen LogP contribution is 2.38. The smallest absolute Gasteiger partial charge is 0.217 e. The minimum absolute atomic E-state index is 0.230. The van der Waals surface area contributed by atoms with Gasteiger partial charge in [-0.1, -0.05) is 5.11 Å². The van der Waals surface area contributed by atoms with Crippen molar-refractivity contribution in [1.29, 1.82) is 0 Å². The summed E-state index contributed by atoms with van der Waals surface area (Å²) < 4.78 is 83.0. The van der Waals surface area contributed by atoms with E-state index in [9.17, 15) is 101 Å². The van der Waals surface area contributed by atoms with Gasteiger partial charge in [-0.2, -0.15) is 0 Å². The van der Waals surface area contributed by atoms with E-state index in [1.165, 1.54) is 6.92 Å². The molecule has 40 nitrogen and oxygen atoms in total. The molecule has 0 aromatic heterocycles. The molecular formula is C50H84N6O34. The normalized spacial score (nSPS) is 46.7. The summed E-state index contributed by atoms with van der Waals surface area (Å²) in [5.74, 6) is -2.43. The molecule has 7 heterocycles. The number of nitrogens with zero attached hydrogens (tertiary/aromatic N) is 3. The van der Waals surface area contributed by atoms with Gasteiger partial charge in [0.05, 0.1) is 58.5 Å². The molecule has 7 fully saturated rings. The number of nitrogens with one attached hydrogen (secondary N) is 3. The maximum absolute atomic E-state index is 12.9. The Balaban J connectivity index is 1.12. The van der Waals surface area contributed by atoms with Gasteiger partial charge in [-0.25, -0.2) is 0 Å². The number of hydrogen-bond donors (Lipinski definition) is 20. The molecule has 7 rings (SSSR count). The summed E-state index contributed by atoms with van der Waals surface area (Å²) in [5.41, 5.74) is 8.83. The number of carbonyl (C=O) groups is 3. The van der Waals surface area contributed by atoms with Crippen molar-refractivity contribution < 1.29 is 168 Å². The first kappa shape index (κ1) is 73.9. The van der Waals surface area contributed by atoms with E-state index in [1.54, 1.807) is 0 Å². The summed E-state index contributed by atoms with van der Waals surface area (Å²) in [6.07, 6.45) is -56.7. The summed E-state index contributed by atoms with van der Waals surface area (Å²) in [5, 5.41) is 197. The molecule has 7 aliphatic heterocycles. The molecule has 0 spiro atoms. The van der Waals surface area contributed by atoms with Crippen LogP contribution in [0.25, 0.3) is 10.4 Å². The SMILES string of the molecule is CC(=O)NC1[C@H](O[C@@H]2C(O)[C@H](O[C@H]3C(CO)O[C@@H](O[C@@H]4C(O)[C@H](O[C@H]5C(CO)O[C@@H](OCCN=[N+]=[N-])C(NC(C)=O)[C@H]5OC5CC(O)[C@@H](O)[C@@H](C)O5)OC(CO)[C@@H]4O)C(NC(C)=O)[C@H]3O)OC(CO)[C@@H]2O)OC(CO)[C@H](O[C@@H]2OC(CO)[C@H](O)[C@H](O)C2O)[C@@H]1O. The molecule has 40 heteroatoms. The van der Waals surface area contributed by atoms with Crippen LogP contribution in [0.5, 0.6) is 0 Å². The van der Waals surface area contributed by atoms with Crippen molar-refractivity contribution in [3.63, 3.8) is 0 Å². The number of hydrogen-bond acceptors (Lipinski definition) is 35. The van der Waals surface area contributed by atoms with E-state index in [0.717, 1.165) is 20.8 Å². The molecule has 7 aliphatic rings. The van der Waals surface area contributed by atoms with E-state index < -0.39 is 266 Å². The number of carbonyl (C=O) groups excluding carboxylic acids is 3. The lowest BCUT2D eigenvalue weighted by molar-refractivity contribution is -0.388. The van der Waals surface area contributed by atoms with Crippen LogP contribution in [0.15, 0.2) is 5.11 Å². The van der Waals surface area contributed by atoms with E-state index >= 15 is 0 Å². The van der Waals surface area contributed by atoms with Crippen LogP contribution < -0.4 is 16.0 Å². The first-order valence-electron chi connectivity index (χ1n) is 28.8. The first-order chi connectivity index (χ1) is 42.7. The number of azide groups is 1. The zero-order valence-corrected chi connectivity index (χ0v) is 48.9. The van der Waals surface area contributed by atoms with Gasteiger partial charge in [-0.3, -0.25) is 14.4 Å². The van der Waals surface area contributed by atoms with E-state index in [-0.39, 0.29) is 19.6 Å². The lowest BCUT2D eigenvalue weighted by Crippen LogP contribution is -2.71. The maximum Gasteiger partial charge on any atom is 0.217 e. The Kier molecular flexibility index (Phi) is 27.3. The molecule has 0 aromatic rings. The van der Waals surface area contributed by atoms with Gasteiger partial charge in [0.2, 0.25) is 17.7 Å². The molecule has 0 saturated carbocycles. The third-order valence-corrected chi connectivity index (χ3v) is 16.1. The Morgan fingerprint density at radius 2 is 0.800 bits per heavy atom. The Hall–Kier alpha value is -3.52. The van der Waals surface area contributed by atoms with E-state index in [0.29, 0.717) is 0 Å². The summed E-state index contributed by atoms with van der Waals surface area (Å²) in [4.78, 5) is 40.9. The number of amides is 3. The largest absolute Gasteiger partial charge is 0.394 e. The average molecular weight is 1310 g/mol. The van der Waals surface area contributed by atoms with Crippen molar-refractivity contribution in [3.05, 3.63) is 10.4 Å². The van der Waals surface area contributed by atoms with E-state index in [1.807, 2.05) is 0 Å². The van der Waals surface area contributed by atoms with Crippen molar-refractivity contribution >= 4 is 17.7 Å². The van der Waals surface area contributed by atoms with Crippen LogP contribution >= 0.6 is 0 Å². The van der Waals surface area contributed by atoms with Crippen LogP contribution in [0.2, 0.25) is 0 Å². The van der Waals surface area contributed by atoms with Gasteiger partial charge < -0.3 is 169 Å². The topological polar surface area (TPSA) is 609 Å². The molecule has 518 valence electrons. The molecule has 0 bridgehead atoms. The van der Waals surface area contributed by atoms with Gasteiger partial charge in [0, 0.05) is 38.6 Å². The number of aliphatic hydroxyl groups is 17. The van der Waals surface area contributed by atoms with Crippen molar-refractivity contribution in [3.8, 4) is 0 Å². The van der Waals surface area contributed by atoms with Gasteiger partial charge in [-0.05, 0) is 12.5 Å². The van der Waals surface area contributed by atoms with Crippen molar-refractivity contribution in [2.75, 3.05) is 52.8 Å². The van der Waals surface area contributed by atoms with Crippen LogP contribution in [0.1, 0.15) is 34.1 Å². The van der Waals surface area contributed by atoms with Gasteiger partial charge in [0.1, 0.15) is 152 Å². The maximum atomic E-state index is 12.9. The zero-order valence-electron chi connectivity index (χ0n) is 48.9. The lowest BCUT2D eigenvalue weighted by Gasteiger charge is -2.51. The monoisotopic (exact) mass is 1310 g/mol. The fourth-order valence-corrected chi connectivity index (χ4v) is 11.5. The van der Waals surface area contributed by atoms with Crippen LogP contribution in [-0.2, 0) is 80.7 Å². The fraction of sp³-hybridized carbons (Fsp3) is 0.940. The van der Waals surface area contributed by atoms with Crippen LogP contribution in [-0.4, -0.2) is 366 Å². The highest BCUT2D eigenvalue weighted by Gasteiger charge is 2.59. The van der Waals surface area contributed by atoms with Crippen molar-refractivity contribution in [2.24, 2.45) is 5.11 Å². The molecular weight excluding hydrogens is 1230 g/mol. The lowest BCUT2D eigenvalue weighted by atomic mass is 9.93. The number of aliphatic hydroxyl groups excluding tert-OH is 17. The average Bonchev–Trinajstić information content (AvgIpc) is 0.849. The summed E-state index contributed by atoms with van der Waals surface area (Å²) in [6, 6.07) is -5.05. The Morgan fingerprint density at radius 3 is 1.22 bits per heavy atom. The molecule has 0 aliphatic carbocycles. The molecule has 20 N–H and O–H groups in total. The van der Waals surface area contributed by atoms with Gasteiger partial charge in [0.15, 0.2) is 44.0 Å². The molecule has 0 radical (unpaired) electrons. The van der Waals surface area contributed by atoms with Crippen molar-refractivity contribution in [2.45, 2.75) is 243 Å². The van der Waals surface area contributed by atoms with Crippen LogP contribution in [0.4, 0.5) is 0 Å². The van der Waals surface area contributed by atoms with E-state index in [4.69, 9.17) is 71.8 Å². The zero-order chi connectivity index (χ0) is 66.2. The van der Waals surface area contributed by atoms with Gasteiger partial charge in [0.25, 0.3) is 0 Å². The van der Waals surface area contributed by atoms with E-state index in [2.05, 4.69) is 26.0 Å². The summed E-state index contributed by atoms with van der Waals surface area (Å²) in [6.45, 7) is -1.97. The highest BCUT2D eigenvalue weighted by molar-refractivity contribution is 5.74. The first-order valence-corrected chi connectivity index (χ1v) is 28.8. The second kappa shape index (κ2) is 33.2. The van der Waals surface area contributed by atoms with Crippen LogP contribution in [0.3, 0.4) is 0 Å². The minimum Gasteiger partial charge on any atom is -0.394 e. The second-order valence-electron chi connectivity index (χ2n) is 22.4. The van der Waals surface area contributed by atoms with Gasteiger partial charge in [-0.15, -0.1) is 0 Å². The standard InChI is InChI=1S/C50H84N6O34/c1-14-29(67)18(66)7-25(78-14)85-42-28(55-17(4)65)45(77-6-5-52-56-51)82-24(13-62)41(42)88-50-38(76)44(32(70)21(10-59)81-50)90-47-27(54-16(3)64)34(72)40(23(12-61)84-47)87-49-37(75)43(31(69)20(9-58)80-49)89-46-26(53-15(2)63)33(71)39(22(11-60)83-46)86-48-36(74)35(73)30(68)19(8-57)79-48/h14,18-50,57-62,66-76H,5-13H2,1-4H3,(H,53,63)(H,54,64)(H,55,65)/t14-,18?,19?,20?,21?,22?,23?,24?,25?,26?,27?,28?,29+,30+,31+,32+,33-,34-,35+,36?,37?,38?,39+,40+,41+,42-,43+,44+,45-,46+,47+,48+,49+,50+/m1/s1. The van der Waals surface area contributed by atoms with Crippen LogP contribution in [0, 0.1) is 0 Å². The Morgan fingerprint density at radius 1 is 0.422 bits per heavy atom. The second-order valence-corrected chi connectivity index (χ2v) is 22.4. The quantitative estimate of drug-likeness (QED) is 0.0175. The Bertz CT molecular complexity index is 2320. The third-order valence-electron chi connectivity index (χ3n) is 16.1. The molecule has 0 aromatic carbocycles. The fourth-order valence-electron chi connectivity index (χ4n) is 11.5. The minimum atomic E-state index is -2.25. The summed E-state index contributed by atoms with van der Waals surface area (Å²) in [7, 11) is 0.